The van der Waals surface area contributed by atoms with Gasteiger partial charge in [0.1, 0.15) is 11.9 Å². The molecule has 0 bridgehead atoms. The summed E-state index contributed by atoms with van der Waals surface area (Å²) >= 11 is 0. The van der Waals surface area contributed by atoms with Gasteiger partial charge in [-0.25, -0.2) is 4.98 Å². The first-order valence-corrected chi connectivity index (χ1v) is 8.67. The molecule has 0 spiro atoms. The monoisotopic (exact) mass is 336 g/mol. The number of ether oxygens (including phenoxy) is 1. The molecule has 1 heterocycles. The van der Waals surface area contributed by atoms with Crippen LogP contribution in [0.1, 0.15) is 30.0 Å². The van der Waals surface area contributed by atoms with Gasteiger partial charge in [0, 0.05) is 18.8 Å². The average Bonchev–Trinajstić information content (AvgIpc) is 3.11. The molecule has 25 heavy (non-hydrogen) atoms. The zero-order chi connectivity index (χ0) is 17.5. The Morgan fingerprint density at radius 3 is 2.16 bits per heavy atom. The minimum atomic E-state index is -0.588. The molecule has 1 N–H and O–H groups in total. The van der Waals surface area contributed by atoms with Crippen LogP contribution in [0.2, 0.25) is 0 Å². The highest BCUT2D eigenvalue weighted by Gasteiger charge is 2.17. The van der Waals surface area contributed by atoms with Gasteiger partial charge in [0.05, 0.1) is 19.3 Å². The summed E-state index contributed by atoms with van der Waals surface area (Å²) in [5.74, 6) is 0.974. The summed E-state index contributed by atoms with van der Waals surface area (Å²) in [4.78, 5) is 4.29. The number of hydrogen-bond acceptors (Lipinski definition) is 3. The van der Waals surface area contributed by atoms with Crippen molar-refractivity contribution < 1.29 is 9.84 Å². The molecule has 0 aliphatic heterocycles. The lowest BCUT2D eigenvalue weighted by Crippen LogP contribution is -2.24. The van der Waals surface area contributed by atoms with Crippen LogP contribution in [-0.2, 0) is 17.7 Å². The first kappa shape index (κ1) is 17.4. The van der Waals surface area contributed by atoms with Crippen LogP contribution < -0.4 is 0 Å². The van der Waals surface area contributed by atoms with Crippen LogP contribution in [0.15, 0.2) is 73.1 Å². The predicted molar refractivity (Wildman–Crippen MR) is 98.3 cm³/mol. The fourth-order valence-corrected chi connectivity index (χ4v) is 2.95. The van der Waals surface area contributed by atoms with Gasteiger partial charge < -0.3 is 14.4 Å². The highest BCUT2D eigenvalue weighted by molar-refractivity contribution is 5.29. The van der Waals surface area contributed by atoms with Gasteiger partial charge in [-0.3, -0.25) is 0 Å². The van der Waals surface area contributed by atoms with E-state index < -0.39 is 6.10 Å². The molecular weight excluding hydrogens is 312 g/mol. The molecule has 0 saturated heterocycles. The number of rotatable bonds is 8. The van der Waals surface area contributed by atoms with E-state index in [0.29, 0.717) is 6.54 Å². The molecule has 0 amide bonds. The standard InChI is InChI=1S/C21H24N2O2/c1-2-20-22-13-14-23(20)15-19(24)16-25-21(17-9-5-3-6-10-17)18-11-7-4-8-12-18/h3-14,19,21,24H,2,15-16H2,1H3. The van der Waals surface area contributed by atoms with Crippen molar-refractivity contribution in [2.45, 2.75) is 32.1 Å². The van der Waals surface area contributed by atoms with E-state index in [1.807, 2.05) is 47.2 Å². The second-order valence-corrected chi connectivity index (χ2v) is 6.04. The lowest BCUT2D eigenvalue weighted by Gasteiger charge is -2.21. The lowest BCUT2D eigenvalue weighted by molar-refractivity contribution is -0.000845. The zero-order valence-corrected chi connectivity index (χ0v) is 14.5. The number of nitrogens with zero attached hydrogens (tertiary/aromatic N) is 2. The van der Waals surface area contributed by atoms with E-state index in [1.165, 1.54) is 0 Å². The molecule has 0 radical (unpaired) electrons. The summed E-state index contributed by atoms with van der Waals surface area (Å²) in [6.07, 6.45) is 3.73. The van der Waals surface area contributed by atoms with Crippen molar-refractivity contribution in [1.29, 1.82) is 0 Å². The SMILES string of the molecule is CCc1nccn1CC(O)COC(c1ccccc1)c1ccccc1. The van der Waals surface area contributed by atoms with Gasteiger partial charge in [0.25, 0.3) is 0 Å². The molecule has 1 atom stereocenters. The first-order valence-electron chi connectivity index (χ1n) is 8.67. The fourth-order valence-electron chi connectivity index (χ4n) is 2.95. The van der Waals surface area contributed by atoms with Crippen molar-refractivity contribution in [2.24, 2.45) is 0 Å². The van der Waals surface area contributed by atoms with Crippen LogP contribution in [-0.4, -0.2) is 27.4 Å². The maximum atomic E-state index is 10.4. The highest BCUT2D eigenvalue weighted by Crippen LogP contribution is 2.26. The number of hydrogen-bond donors (Lipinski definition) is 1. The summed E-state index contributed by atoms with van der Waals surface area (Å²) in [5, 5.41) is 10.4. The molecule has 3 aromatic rings. The molecule has 3 rings (SSSR count). The number of aryl methyl sites for hydroxylation is 1. The van der Waals surface area contributed by atoms with Crippen molar-refractivity contribution in [3.63, 3.8) is 0 Å². The minimum Gasteiger partial charge on any atom is -0.389 e. The van der Waals surface area contributed by atoms with Gasteiger partial charge in [0.15, 0.2) is 0 Å². The van der Waals surface area contributed by atoms with Crippen molar-refractivity contribution in [3.05, 3.63) is 90.0 Å². The summed E-state index contributed by atoms with van der Waals surface area (Å²) in [6.45, 7) is 2.80. The molecular formula is C21H24N2O2. The zero-order valence-electron chi connectivity index (χ0n) is 14.5. The van der Waals surface area contributed by atoms with Gasteiger partial charge in [-0.15, -0.1) is 0 Å². The average molecular weight is 336 g/mol. The number of benzene rings is 2. The third kappa shape index (κ3) is 4.56. The molecule has 0 saturated carbocycles. The van der Waals surface area contributed by atoms with Crippen molar-refractivity contribution in [3.8, 4) is 0 Å². The molecule has 0 aliphatic carbocycles. The maximum Gasteiger partial charge on any atom is 0.108 e. The first-order chi connectivity index (χ1) is 12.3. The summed E-state index contributed by atoms with van der Waals surface area (Å²) in [7, 11) is 0. The minimum absolute atomic E-state index is 0.189. The van der Waals surface area contributed by atoms with E-state index in [0.717, 1.165) is 23.4 Å². The fraction of sp³-hybridized carbons (Fsp3) is 0.286. The predicted octanol–water partition coefficient (Wildman–Crippen LogP) is 3.61. The summed E-state index contributed by atoms with van der Waals surface area (Å²) in [6, 6.07) is 20.2. The molecule has 2 aromatic carbocycles. The van der Waals surface area contributed by atoms with Crippen molar-refractivity contribution in [2.75, 3.05) is 6.61 Å². The molecule has 0 fully saturated rings. The molecule has 1 unspecified atom stereocenters. The Morgan fingerprint density at radius 2 is 1.60 bits per heavy atom. The quantitative estimate of drug-likeness (QED) is 0.683. The molecule has 1 aromatic heterocycles. The maximum absolute atomic E-state index is 10.4. The molecule has 130 valence electrons. The highest BCUT2D eigenvalue weighted by atomic mass is 16.5. The number of aliphatic hydroxyl groups excluding tert-OH is 1. The second-order valence-electron chi connectivity index (χ2n) is 6.04. The van der Waals surface area contributed by atoms with Crippen LogP contribution in [0, 0.1) is 0 Å². The summed E-state index contributed by atoms with van der Waals surface area (Å²) in [5.41, 5.74) is 2.16. The van der Waals surface area contributed by atoms with Gasteiger partial charge >= 0.3 is 0 Å². The van der Waals surface area contributed by atoms with Crippen molar-refractivity contribution >= 4 is 0 Å². The smallest absolute Gasteiger partial charge is 0.108 e. The van der Waals surface area contributed by atoms with Crippen LogP contribution >= 0.6 is 0 Å². The molecule has 4 heteroatoms. The number of imidazole rings is 1. The van der Waals surface area contributed by atoms with E-state index in [9.17, 15) is 5.11 Å². The Balaban J connectivity index is 1.69. The van der Waals surface area contributed by atoms with Gasteiger partial charge in [0.2, 0.25) is 0 Å². The van der Waals surface area contributed by atoms with Gasteiger partial charge in [-0.1, -0.05) is 67.6 Å². The lowest BCUT2D eigenvalue weighted by atomic mass is 10.0. The van der Waals surface area contributed by atoms with E-state index >= 15 is 0 Å². The third-order valence-electron chi connectivity index (χ3n) is 4.19. The van der Waals surface area contributed by atoms with E-state index in [2.05, 4.69) is 36.2 Å². The Bertz CT molecular complexity index is 716. The van der Waals surface area contributed by atoms with Crippen LogP contribution in [0.3, 0.4) is 0 Å². The Hall–Kier alpha value is -2.43. The summed E-state index contributed by atoms with van der Waals surface area (Å²) < 4.78 is 8.09. The van der Waals surface area contributed by atoms with E-state index in [-0.39, 0.29) is 12.7 Å². The van der Waals surface area contributed by atoms with E-state index in [1.54, 1.807) is 6.20 Å². The topological polar surface area (TPSA) is 47.3 Å². The van der Waals surface area contributed by atoms with Crippen molar-refractivity contribution in [1.82, 2.24) is 9.55 Å². The molecule has 0 aliphatic rings. The normalized spacial score (nSPS) is 12.4. The van der Waals surface area contributed by atoms with Crippen LogP contribution in [0.4, 0.5) is 0 Å². The molecule has 4 nitrogen and oxygen atoms in total. The third-order valence-corrected chi connectivity index (χ3v) is 4.19. The number of aromatic nitrogens is 2. The van der Waals surface area contributed by atoms with Crippen LogP contribution in [0.25, 0.3) is 0 Å². The Kier molecular flexibility index (Phi) is 5.99. The Labute approximate surface area is 148 Å². The largest absolute Gasteiger partial charge is 0.389 e. The van der Waals surface area contributed by atoms with E-state index in [4.69, 9.17) is 4.74 Å². The Morgan fingerprint density at radius 1 is 1.00 bits per heavy atom. The van der Waals surface area contributed by atoms with Gasteiger partial charge in [-0.05, 0) is 11.1 Å². The van der Waals surface area contributed by atoms with Crippen LogP contribution in [0.5, 0.6) is 0 Å². The van der Waals surface area contributed by atoms with Gasteiger partial charge in [-0.2, -0.15) is 0 Å². The number of aliphatic hydroxyl groups is 1. The second kappa shape index (κ2) is 8.60.